The molecule has 0 radical (unpaired) electrons. The molecule has 1 nitrogen and oxygen atoms in total. The standard InChI is InChI=1S/C11H13F2NS/c12-8-3-4-11(9(13)5-8)15-6-10(14)7-1-2-7/h3-5,7,10H,1-2,6,14H2. The van der Waals surface area contributed by atoms with Crippen LogP contribution < -0.4 is 5.73 Å². The highest BCUT2D eigenvalue weighted by Crippen LogP contribution is 2.34. The fraction of sp³-hybridized carbons (Fsp3) is 0.455. The second kappa shape index (κ2) is 4.49. The second-order valence-electron chi connectivity index (χ2n) is 3.89. The van der Waals surface area contributed by atoms with Crippen LogP contribution in [0.15, 0.2) is 23.1 Å². The van der Waals surface area contributed by atoms with Crippen LogP contribution in [0.4, 0.5) is 8.78 Å². The summed E-state index contributed by atoms with van der Waals surface area (Å²) in [5.74, 6) is 0.278. The molecule has 1 aromatic carbocycles. The Bertz CT molecular complexity index is 352. The molecular formula is C11H13F2NS. The Kier molecular flexibility index (Phi) is 3.26. The molecule has 0 aliphatic heterocycles. The van der Waals surface area contributed by atoms with Gasteiger partial charge in [0.1, 0.15) is 11.6 Å². The molecule has 1 fully saturated rings. The Morgan fingerprint density at radius 2 is 2.13 bits per heavy atom. The average molecular weight is 229 g/mol. The number of benzene rings is 1. The van der Waals surface area contributed by atoms with Gasteiger partial charge in [-0.2, -0.15) is 0 Å². The maximum atomic E-state index is 13.2. The van der Waals surface area contributed by atoms with Gasteiger partial charge in [0.15, 0.2) is 0 Å². The van der Waals surface area contributed by atoms with Crippen molar-refractivity contribution < 1.29 is 8.78 Å². The van der Waals surface area contributed by atoms with Crippen LogP contribution >= 0.6 is 11.8 Å². The second-order valence-corrected chi connectivity index (χ2v) is 4.95. The fourth-order valence-corrected chi connectivity index (χ4v) is 2.44. The van der Waals surface area contributed by atoms with Crippen molar-refractivity contribution in [3.05, 3.63) is 29.8 Å². The summed E-state index contributed by atoms with van der Waals surface area (Å²) in [6, 6.07) is 3.79. The van der Waals surface area contributed by atoms with Gasteiger partial charge < -0.3 is 5.73 Å². The third kappa shape index (κ3) is 2.92. The summed E-state index contributed by atoms with van der Waals surface area (Å²) in [6.45, 7) is 0. The van der Waals surface area contributed by atoms with Crippen LogP contribution in [-0.2, 0) is 0 Å². The normalized spacial score (nSPS) is 17.8. The highest BCUT2D eigenvalue weighted by molar-refractivity contribution is 7.99. The Labute approximate surface area is 92.0 Å². The van der Waals surface area contributed by atoms with Gasteiger partial charge in [-0.1, -0.05) is 0 Å². The molecule has 1 aromatic rings. The summed E-state index contributed by atoms with van der Waals surface area (Å²) in [5, 5.41) is 0. The lowest BCUT2D eigenvalue weighted by Crippen LogP contribution is -2.25. The summed E-state index contributed by atoms with van der Waals surface area (Å²) >= 11 is 1.37. The molecule has 0 amide bonds. The van der Waals surface area contributed by atoms with E-state index >= 15 is 0 Å². The van der Waals surface area contributed by atoms with E-state index in [-0.39, 0.29) is 6.04 Å². The minimum atomic E-state index is -0.539. The van der Waals surface area contributed by atoms with E-state index in [1.807, 2.05) is 0 Å². The first kappa shape index (κ1) is 10.9. The SMILES string of the molecule is NC(CSc1ccc(F)cc1F)C1CC1. The van der Waals surface area contributed by atoms with Gasteiger partial charge in [0.05, 0.1) is 0 Å². The van der Waals surface area contributed by atoms with E-state index in [4.69, 9.17) is 5.73 Å². The Morgan fingerprint density at radius 1 is 1.40 bits per heavy atom. The molecule has 4 heteroatoms. The lowest BCUT2D eigenvalue weighted by atomic mass is 10.2. The molecule has 1 saturated carbocycles. The lowest BCUT2D eigenvalue weighted by molar-refractivity contribution is 0.565. The van der Waals surface area contributed by atoms with E-state index in [0.29, 0.717) is 16.6 Å². The largest absolute Gasteiger partial charge is 0.327 e. The molecule has 2 rings (SSSR count). The molecule has 1 aliphatic carbocycles. The lowest BCUT2D eigenvalue weighted by Gasteiger charge is -2.09. The zero-order valence-corrected chi connectivity index (χ0v) is 9.07. The number of hydrogen-bond donors (Lipinski definition) is 1. The molecule has 0 saturated heterocycles. The molecular weight excluding hydrogens is 216 g/mol. The van der Waals surface area contributed by atoms with Crippen LogP contribution in [0.2, 0.25) is 0 Å². The Hall–Kier alpha value is -0.610. The predicted molar refractivity (Wildman–Crippen MR) is 57.8 cm³/mol. The van der Waals surface area contributed by atoms with Gasteiger partial charge in [-0.05, 0) is 30.9 Å². The molecule has 1 atom stereocenters. The van der Waals surface area contributed by atoms with E-state index in [9.17, 15) is 8.78 Å². The summed E-state index contributed by atoms with van der Waals surface area (Å²) in [7, 11) is 0. The van der Waals surface area contributed by atoms with Crippen molar-refractivity contribution >= 4 is 11.8 Å². The van der Waals surface area contributed by atoms with E-state index < -0.39 is 11.6 Å². The van der Waals surface area contributed by atoms with E-state index in [1.54, 1.807) is 0 Å². The van der Waals surface area contributed by atoms with Crippen LogP contribution in [0.25, 0.3) is 0 Å². The van der Waals surface area contributed by atoms with Gasteiger partial charge in [0, 0.05) is 22.8 Å². The third-order valence-electron chi connectivity index (χ3n) is 2.55. The van der Waals surface area contributed by atoms with Crippen molar-refractivity contribution in [3.8, 4) is 0 Å². The molecule has 0 heterocycles. The van der Waals surface area contributed by atoms with Crippen molar-refractivity contribution in [1.82, 2.24) is 0 Å². The van der Waals surface area contributed by atoms with Crippen molar-refractivity contribution in [2.24, 2.45) is 11.7 Å². The number of hydrogen-bond acceptors (Lipinski definition) is 2. The molecule has 0 aromatic heterocycles. The average Bonchev–Trinajstić information content (AvgIpc) is 2.99. The molecule has 1 unspecified atom stereocenters. The molecule has 82 valence electrons. The van der Waals surface area contributed by atoms with Crippen LogP contribution in [0.5, 0.6) is 0 Å². The zero-order valence-electron chi connectivity index (χ0n) is 8.25. The van der Waals surface area contributed by atoms with Crippen molar-refractivity contribution in [2.45, 2.75) is 23.8 Å². The Morgan fingerprint density at radius 3 is 2.73 bits per heavy atom. The Balaban J connectivity index is 1.92. The first-order valence-corrected chi connectivity index (χ1v) is 5.99. The van der Waals surface area contributed by atoms with Gasteiger partial charge in [0.2, 0.25) is 0 Å². The van der Waals surface area contributed by atoms with Crippen molar-refractivity contribution in [1.29, 1.82) is 0 Å². The van der Waals surface area contributed by atoms with Crippen LogP contribution in [0.1, 0.15) is 12.8 Å². The van der Waals surface area contributed by atoms with Gasteiger partial charge in [-0.25, -0.2) is 8.78 Å². The first-order chi connectivity index (χ1) is 7.16. The predicted octanol–water partition coefficient (Wildman–Crippen LogP) is 2.79. The molecule has 15 heavy (non-hydrogen) atoms. The zero-order chi connectivity index (χ0) is 10.8. The molecule has 1 aliphatic rings. The number of halogens is 2. The smallest absolute Gasteiger partial charge is 0.139 e. The molecule has 0 spiro atoms. The minimum Gasteiger partial charge on any atom is -0.327 e. The highest BCUT2D eigenvalue weighted by Gasteiger charge is 2.28. The monoisotopic (exact) mass is 229 g/mol. The van der Waals surface area contributed by atoms with Gasteiger partial charge >= 0.3 is 0 Å². The van der Waals surface area contributed by atoms with Gasteiger partial charge in [-0.15, -0.1) is 11.8 Å². The van der Waals surface area contributed by atoms with Crippen molar-refractivity contribution in [2.75, 3.05) is 5.75 Å². The van der Waals surface area contributed by atoms with Crippen LogP contribution in [0.3, 0.4) is 0 Å². The molecule has 0 bridgehead atoms. The summed E-state index contributed by atoms with van der Waals surface area (Å²) in [6.07, 6.45) is 2.38. The van der Waals surface area contributed by atoms with E-state index in [2.05, 4.69) is 0 Å². The van der Waals surface area contributed by atoms with Gasteiger partial charge in [0.25, 0.3) is 0 Å². The van der Waals surface area contributed by atoms with Crippen LogP contribution in [0, 0.1) is 17.6 Å². The maximum Gasteiger partial charge on any atom is 0.139 e. The quantitative estimate of drug-likeness (QED) is 0.803. The maximum absolute atomic E-state index is 13.2. The number of rotatable bonds is 4. The van der Waals surface area contributed by atoms with E-state index in [1.165, 1.54) is 36.7 Å². The summed E-state index contributed by atoms with van der Waals surface area (Å²) in [5.41, 5.74) is 5.89. The summed E-state index contributed by atoms with van der Waals surface area (Å²) in [4.78, 5) is 0.479. The fourth-order valence-electron chi connectivity index (χ4n) is 1.44. The van der Waals surface area contributed by atoms with Gasteiger partial charge in [-0.3, -0.25) is 0 Å². The number of nitrogens with two attached hydrogens (primary N) is 1. The third-order valence-corrected chi connectivity index (χ3v) is 3.75. The first-order valence-electron chi connectivity index (χ1n) is 5.00. The molecule has 2 N–H and O–H groups in total. The van der Waals surface area contributed by atoms with Crippen LogP contribution in [-0.4, -0.2) is 11.8 Å². The van der Waals surface area contributed by atoms with Crippen molar-refractivity contribution in [3.63, 3.8) is 0 Å². The summed E-state index contributed by atoms with van der Waals surface area (Å²) < 4.78 is 25.8. The highest BCUT2D eigenvalue weighted by atomic mass is 32.2. The minimum absolute atomic E-state index is 0.138. The number of thioether (sulfide) groups is 1. The van der Waals surface area contributed by atoms with E-state index in [0.717, 1.165) is 6.07 Å². The topological polar surface area (TPSA) is 26.0 Å².